The van der Waals surface area contributed by atoms with Crippen LogP contribution in [-0.4, -0.2) is 25.7 Å². The first-order valence-electron chi connectivity index (χ1n) is 10.7. The molecular weight excluding hydrogens is 462 g/mol. The lowest BCUT2D eigenvalue weighted by Gasteiger charge is -2.10. The molecule has 2 heterocycles. The Kier molecular flexibility index (Phi) is 6.78. The van der Waals surface area contributed by atoms with Gasteiger partial charge in [-0.05, 0) is 35.4 Å². The van der Waals surface area contributed by atoms with E-state index in [1.165, 1.54) is 16.9 Å². The maximum absolute atomic E-state index is 12.4. The molecule has 8 heteroatoms. The number of nitrogens with zero attached hydrogens (tertiary/aromatic N) is 4. The Hall–Kier alpha value is -3.75. The smallest absolute Gasteiger partial charge is 0.257 e. The highest BCUT2D eigenvalue weighted by molar-refractivity contribution is 7.98. The van der Waals surface area contributed by atoms with Crippen molar-refractivity contribution in [2.24, 2.45) is 0 Å². The molecule has 0 saturated carbocycles. The summed E-state index contributed by atoms with van der Waals surface area (Å²) in [5, 5.41) is 15.1. The molecule has 5 aromatic rings. The maximum Gasteiger partial charge on any atom is 0.257 e. The number of nitrogens with one attached hydrogen (secondary N) is 1. The molecule has 3 aromatic carbocycles. The van der Waals surface area contributed by atoms with Crippen LogP contribution >= 0.6 is 23.1 Å². The standard InChI is InChI=1S/C26H21N5OS2/c32-24(28-25-27-15-16-33-25)21-13-11-20(12-14-21)18-34-26-30-29-23(17-19-7-3-1-4-8-19)31(26)22-9-5-2-6-10-22/h1-16H,17-18H2,(H,27,28,32). The topological polar surface area (TPSA) is 72.7 Å². The van der Waals surface area contributed by atoms with Crippen LogP contribution in [0.25, 0.3) is 5.69 Å². The largest absolute Gasteiger partial charge is 0.298 e. The van der Waals surface area contributed by atoms with Crippen LogP contribution in [-0.2, 0) is 12.2 Å². The Labute approximate surface area is 205 Å². The SMILES string of the molecule is O=C(Nc1nccs1)c1ccc(CSc2nnc(Cc3ccccc3)n2-c2ccccc2)cc1. The van der Waals surface area contributed by atoms with Gasteiger partial charge in [-0.25, -0.2) is 4.98 Å². The van der Waals surface area contributed by atoms with Gasteiger partial charge in [0.05, 0.1) is 0 Å². The van der Waals surface area contributed by atoms with Crippen LogP contribution < -0.4 is 5.32 Å². The van der Waals surface area contributed by atoms with Crippen molar-refractivity contribution in [3.8, 4) is 5.69 Å². The normalized spacial score (nSPS) is 10.8. The van der Waals surface area contributed by atoms with Gasteiger partial charge < -0.3 is 0 Å². The molecule has 1 amide bonds. The minimum atomic E-state index is -0.163. The molecule has 0 atom stereocenters. The molecule has 2 aromatic heterocycles. The third kappa shape index (κ3) is 5.24. The molecule has 0 bridgehead atoms. The second kappa shape index (κ2) is 10.5. The highest BCUT2D eigenvalue weighted by Gasteiger charge is 2.15. The van der Waals surface area contributed by atoms with Crippen LogP contribution in [0.4, 0.5) is 5.13 Å². The molecule has 6 nitrogen and oxygen atoms in total. The first kappa shape index (κ1) is 22.1. The molecule has 5 rings (SSSR count). The van der Waals surface area contributed by atoms with E-state index in [-0.39, 0.29) is 5.91 Å². The molecule has 34 heavy (non-hydrogen) atoms. The molecule has 0 aliphatic carbocycles. The first-order valence-corrected chi connectivity index (χ1v) is 12.6. The lowest BCUT2D eigenvalue weighted by Crippen LogP contribution is -2.11. The van der Waals surface area contributed by atoms with Gasteiger partial charge in [0, 0.05) is 35.0 Å². The van der Waals surface area contributed by atoms with Crippen LogP contribution in [0.15, 0.2) is 102 Å². The summed E-state index contributed by atoms with van der Waals surface area (Å²) in [6.07, 6.45) is 2.37. The van der Waals surface area contributed by atoms with Crippen molar-refractivity contribution in [1.29, 1.82) is 0 Å². The summed E-state index contributed by atoms with van der Waals surface area (Å²) in [7, 11) is 0. The second-order valence-corrected chi connectivity index (χ2v) is 9.35. The van der Waals surface area contributed by atoms with Crippen LogP contribution in [0.5, 0.6) is 0 Å². The Morgan fingerprint density at radius 2 is 1.62 bits per heavy atom. The van der Waals surface area contributed by atoms with Crippen molar-refractivity contribution in [1.82, 2.24) is 19.7 Å². The fourth-order valence-corrected chi connectivity index (χ4v) is 4.93. The number of aromatic nitrogens is 4. The van der Waals surface area contributed by atoms with Gasteiger partial charge in [-0.2, -0.15) is 0 Å². The van der Waals surface area contributed by atoms with Crippen molar-refractivity contribution in [2.45, 2.75) is 17.3 Å². The summed E-state index contributed by atoms with van der Waals surface area (Å²) in [5.74, 6) is 1.45. The van der Waals surface area contributed by atoms with E-state index in [2.05, 4.69) is 49.3 Å². The van der Waals surface area contributed by atoms with E-state index >= 15 is 0 Å². The Morgan fingerprint density at radius 1 is 0.882 bits per heavy atom. The van der Waals surface area contributed by atoms with Gasteiger partial charge >= 0.3 is 0 Å². The number of amides is 1. The first-order chi connectivity index (χ1) is 16.8. The fraction of sp³-hybridized carbons (Fsp3) is 0.0769. The predicted molar refractivity (Wildman–Crippen MR) is 137 cm³/mol. The lowest BCUT2D eigenvalue weighted by molar-refractivity contribution is 0.102. The summed E-state index contributed by atoms with van der Waals surface area (Å²) in [5.41, 5.74) is 3.93. The number of rotatable bonds is 8. The zero-order valence-corrected chi connectivity index (χ0v) is 19.8. The average Bonchev–Trinajstić information content (AvgIpc) is 3.54. The maximum atomic E-state index is 12.4. The summed E-state index contributed by atoms with van der Waals surface area (Å²) < 4.78 is 2.12. The summed E-state index contributed by atoms with van der Waals surface area (Å²) in [6, 6.07) is 28.1. The van der Waals surface area contributed by atoms with Gasteiger partial charge in [0.25, 0.3) is 5.91 Å². The van der Waals surface area contributed by atoms with E-state index < -0.39 is 0 Å². The van der Waals surface area contributed by atoms with Crippen molar-refractivity contribution in [2.75, 3.05) is 5.32 Å². The van der Waals surface area contributed by atoms with E-state index in [4.69, 9.17) is 0 Å². The molecule has 1 N–H and O–H groups in total. The van der Waals surface area contributed by atoms with Crippen LogP contribution in [0.2, 0.25) is 0 Å². The number of anilines is 1. The number of thioether (sulfide) groups is 1. The molecule has 0 radical (unpaired) electrons. The molecule has 0 unspecified atom stereocenters. The third-order valence-corrected chi connectivity index (χ3v) is 6.85. The molecular formula is C26H21N5OS2. The number of para-hydroxylation sites is 1. The van der Waals surface area contributed by atoms with Gasteiger partial charge in [0.2, 0.25) is 0 Å². The van der Waals surface area contributed by atoms with Crippen LogP contribution in [0.1, 0.15) is 27.3 Å². The Morgan fingerprint density at radius 3 is 2.32 bits per heavy atom. The zero-order chi connectivity index (χ0) is 23.2. The molecule has 168 valence electrons. The van der Waals surface area contributed by atoms with E-state index in [0.29, 0.717) is 22.9 Å². The number of hydrogen-bond donors (Lipinski definition) is 1. The van der Waals surface area contributed by atoms with Gasteiger partial charge in [-0.1, -0.05) is 72.4 Å². The van der Waals surface area contributed by atoms with E-state index in [0.717, 1.165) is 22.2 Å². The monoisotopic (exact) mass is 483 g/mol. The Balaban J connectivity index is 1.32. The number of thiazole rings is 1. The van der Waals surface area contributed by atoms with Crippen LogP contribution in [0.3, 0.4) is 0 Å². The van der Waals surface area contributed by atoms with Gasteiger partial charge in [-0.15, -0.1) is 21.5 Å². The summed E-state index contributed by atoms with van der Waals surface area (Å²) in [4.78, 5) is 16.5. The predicted octanol–water partition coefficient (Wildman–Crippen LogP) is 5.86. The highest BCUT2D eigenvalue weighted by Crippen LogP contribution is 2.26. The van der Waals surface area contributed by atoms with Crippen molar-refractivity contribution < 1.29 is 4.79 Å². The molecule has 0 aliphatic rings. The van der Waals surface area contributed by atoms with E-state index in [1.54, 1.807) is 18.0 Å². The Bertz CT molecular complexity index is 1350. The molecule has 0 fully saturated rings. The molecule has 0 saturated heterocycles. The summed E-state index contributed by atoms with van der Waals surface area (Å²) in [6.45, 7) is 0. The second-order valence-electron chi connectivity index (χ2n) is 7.51. The molecule has 0 aliphatic heterocycles. The summed E-state index contributed by atoms with van der Waals surface area (Å²) >= 11 is 3.02. The van der Waals surface area contributed by atoms with Crippen molar-refractivity contribution in [3.63, 3.8) is 0 Å². The zero-order valence-electron chi connectivity index (χ0n) is 18.2. The number of hydrogen-bond acceptors (Lipinski definition) is 6. The van der Waals surface area contributed by atoms with Crippen molar-refractivity contribution >= 4 is 34.1 Å². The lowest BCUT2D eigenvalue weighted by atomic mass is 10.1. The van der Waals surface area contributed by atoms with E-state index in [1.807, 2.05) is 66.0 Å². The van der Waals surface area contributed by atoms with Crippen LogP contribution in [0, 0.1) is 0 Å². The number of benzene rings is 3. The molecule has 0 spiro atoms. The number of carbonyl (C=O) groups is 1. The quantitative estimate of drug-likeness (QED) is 0.280. The fourth-order valence-electron chi connectivity index (χ4n) is 3.48. The minimum absolute atomic E-state index is 0.163. The highest BCUT2D eigenvalue weighted by atomic mass is 32.2. The average molecular weight is 484 g/mol. The van der Waals surface area contributed by atoms with Gasteiger partial charge in [0.15, 0.2) is 10.3 Å². The van der Waals surface area contributed by atoms with E-state index in [9.17, 15) is 4.79 Å². The minimum Gasteiger partial charge on any atom is -0.298 e. The van der Waals surface area contributed by atoms with Crippen molar-refractivity contribution in [3.05, 3.63) is 119 Å². The number of carbonyl (C=O) groups excluding carboxylic acids is 1. The third-order valence-electron chi connectivity index (χ3n) is 5.16. The van der Waals surface area contributed by atoms with Gasteiger partial charge in [0.1, 0.15) is 5.82 Å². The van der Waals surface area contributed by atoms with Gasteiger partial charge in [-0.3, -0.25) is 14.7 Å².